The van der Waals surface area contributed by atoms with Gasteiger partial charge in [-0.1, -0.05) is 35.9 Å². The lowest BCUT2D eigenvalue weighted by molar-refractivity contribution is 0.0308. The molecule has 2 aromatic heterocycles. The van der Waals surface area contributed by atoms with Crippen LogP contribution in [0, 0.1) is 0 Å². The monoisotopic (exact) mass is 615 g/mol. The number of ether oxygens (including phenoxy) is 3. The van der Waals surface area contributed by atoms with Gasteiger partial charge >= 0.3 is 5.97 Å². The molecule has 0 bridgehead atoms. The first kappa shape index (κ1) is 31.5. The van der Waals surface area contributed by atoms with Gasteiger partial charge in [0, 0.05) is 30.2 Å². The minimum Gasteiger partial charge on any atom is -0.460 e. The van der Waals surface area contributed by atoms with Gasteiger partial charge in [0.25, 0.3) is 0 Å². The molecule has 0 unspecified atom stereocenters. The van der Waals surface area contributed by atoms with E-state index in [1.165, 1.54) is 6.33 Å². The van der Waals surface area contributed by atoms with E-state index in [1.54, 1.807) is 48.5 Å². The van der Waals surface area contributed by atoms with E-state index >= 15 is 0 Å². The third-order valence-corrected chi connectivity index (χ3v) is 6.07. The summed E-state index contributed by atoms with van der Waals surface area (Å²) in [5.41, 5.74) is 9.31. The van der Waals surface area contributed by atoms with E-state index in [-0.39, 0.29) is 37.4 Å². The van der Waals surface area contributed by atoms with Crippen molar-refractivity contribution < 1.29 is 19.0 Å². The second kappa shape index (κ2) is 15.1. The first-order valence-electron chi connectivity index (χ1n) is 12.3. The zero-order chi connectivity index (χ0) is 27.0. The molecule has 0 radical (unpaired) electrons. The Kier molecular flexibility index (Phi) is 11.6. The summed E-state index contributed by atoms with van der Waals surface area (Å²) in [6.07, 6.45) is 3.43. The molecule has 0 spiro atoms. The number of carbonyl (C=O) groups excluding carboxylic acids is 1. The lowest BCUT2D eigenvalue weighted by Gasteiger charge is -2.13. The number of aromatic nitrogens is 3. The summed E-state index contributed by atoms with van der Waals surface area (Å²) in [7, 11) is 0. The fourth-order valence-corrected chi connectivity index (χ4v) is 4.15. The van der Waals surface area contributed by atoms with Crippen molar-refractivity contribution in [2.24, 2.45) is 0 Å². The maximum absolute atomic E-state index is 12.0. The Hall–Kier alpha value is -4.02. The molecule has 0 aliphatic heterocycles. The van der Waals surface area contributed by atoms with Gasteiger partial charge in [-0.25, -0.2) is 14.8 Å². The van der Waals surface area contributed by atoms with Crippen LogP contribution < -0.4 is 15.8 Å². The first-order chi connectivity index (χ1) is 19.1. The Morgan fingerprint density at radius 3 is 2.54 bits per heavy atom. The Balaban J connectivity index is 0.00000231. The summed E-state index contributed by atoms with van der Waals surface area (Å²) in [6.45, 7) is 1.45. The third-order valence-electron chi connectivity index (χ3n) is 5.78. The van der Waals surface area contributed by atoms with Crippen molar-refractivity contribution in [3.05, 3.63) is 102 Å². The molecule has 0 amide bonds. The molecule has 12 heteroatoms. The standard InChI is InChI=1S/C29H26ClN5O4.2ClH/c30-24-18-22(9-10-26(24)39-23-8-4-7-21(31)17-23)34-28-27-25(32-19-33-28)11-12-35(27)13-14-37-15-16-38-29(36)20-5-2-1-3-6-20;;/h1-12,17-19H,13-16,31H2,(H,32,33,34);2*1H. The molecule has 3 aromatic carbocycles. The molecule has 5 rings (SSSR count). The number of nitrogen functional groups attached to an aromatic ring is 1. The minimum atomic E-state index is -0.368. The van der Waals surface area contributed by atoms with Crippen LogP contribution in [-0.4, -0.2) is 40.3 Å². The van der Waals surface area contributed by atoms with E-state index in [2.05, 4.69) is 15.3 Å². The van der Waals surface area contributed by atoms with Gasteiger partial charge in [-0.15, -0.1) is 24.8 Å². The van der Waals surface area contributed by atoms with Gasteiger partial charge in [0.1, 0.15) is 29.9 Å². The lowest BCUT2D eigenvalue weighted by Crippen LogP contribution is -2.13. The quantitative estimate of drug-likeness (QED) is 0.0934. The van der Waals surface area contributed by atoms with E-state index in [0.29, 0.717) is 53.3 Å². The van der Waals surface area contributed by atoms with E-state index in [0.717, 1.165) is 16.7 Å². The molecular weight excluding hydrogens is 589 g/mol. The normalized spacial score (nSPS) is 10.4. The number of halogens is 3. The highest BCUT2D eigenvalue weighted by atomic mass is 35.5. The van der Waals surface area contributed by atoms with Gasteiger partial charge in [0.2, 0.25) is 0 Å². The van der Waals surface area contributed by atoms with Crippen molar-refractivity contribution in [1.82, 2.24) is 14.5 Å². The SMILES string of the molecule is Cl.Cl.Nc1cccc(Oc2ccc(Nc3ncnc4ccn(CCOCCOC(=O)c5ccccc5)c34)cc2Cl)c1. The van der Waals surface area contributed by atoms with Crippen molar-refractivity contribution >= 4 is 70.6 Å². The topological polar surface area (TPSA) is 114 Å². The van der Waals surface area contributed by atoms with Crippen LogP contribution in [-0.2, 0) is 16.0 Å². The number of benzene rings is 3. The summed E-state index contributed by atoms with van der Waals surface area (Å²) < 4.78 is 18.8. The Bertz CT molecular complexity index is 1580. The number of hydrogen-bond donors (Lipinski definition) is 2. The predicted molar refractivity (Wildman–Crippen MR) is 165 cm³/mol. The van der Waals surface area contributed by atoms with E-state index in [1.807, 2.05) is 41.1 Å². The molecule has 214 valence electrons. The Labute approximate surface area is 254 Å². The summed E-state index contributed by atoms with van der Waals surface area (Å²) in [6, 6.07) is 23.3. The van der Waals surface area contributed by atoms with Crippen LogP contribution in [0.5, 0.6) is 11.5 Å². The molecule has 0 aliphatic rings. The van der Waals surface area contributed by atoms with Gasteiger partial charge in [-0.2, -0.15) is 0 Å². The summed E-state index contributed by atoms with van der Waals surface area (Å²) in [5.74, 6) is 1.37. The predicted octanol–water partition coefficient (Wildman–Crippen LogP) is 6.92. The first-order valence-corrected chi connectivity index (χ1v) is 12.6. The molecule has 0 fully saturated rings. The van der Waals surface area contributed by atoms with Crippen molar-refractivity contribution in [2.75, 3.05) is 30.9 Å². The zero-order valence-corrected chi connectivity index (χ0v) is 24.1. The number of rotatable bonds is 11. The second-order valence-corrected chi connectivity index (χ2v) is 8.93. The highest BCUT2D eigenvalue weighted by molar-refractivity contribution is 6.32. The number of nitrogens with one attached hydrogen (secondary N) is 1. The lowest BCUT2D eigenvalue weighted by atomic mass is 10.2. The number of esters is 1. The molecule has 0 saturated carbocycles. The third kappa shape index (κ3) is 8.25. The van der Waals surface area contributed by atoms with Gasteiger partial charge in [0.15, 0.2) is 5.82 Å². The molecule has 3 N–H and O–H groups in total. The van der Waals surface area contributed by atoms with Crippen molar-refractivity contribution in [2.45, 2.75) is 6.54 Å². The smallest absolute Gasteiger partial charge is 0.338 e. The van der Waals surface area contributed by atoms with Gasteiger partial charge in [0.05, 0.1) is 29.3 Å². The van der Waals surface area contributed by atoms with Crippen LogP contribution in [0.25, 0.3) is 11.0 Å². The Morgan fingerprint density at radius 1 is 0.927 bits per heavy atom. The summed E-state index contributed by atoms with van der Waals surface area (Å²) in [5, 5.41) is 3.76. The molecular formula is C29H28Cl3N5O4. The van der Waals surface area contributed by atoms with Crippen LogP contribution in [0.1, 0.15) is 10.4 Å². The van der Waals surface area contributed by atoms with Crippen molar-refractivity contribution in [3.63, 3.8) is 0 Å². The second-order valence-electron chi connectivity index (χ2n) is 8.52. The van der Waals surface area contributed by atoms with E-state index in [4.69, 9.17) is 31.5 Å². The van der Waals surface area contributed by atoms with E-state index in [9.17, 15) is 4.79 Å². The summed E-state index contributed by atoms with van der Waals surface area (Å²) in [4.78, 5) is 20.8. The molecule has 9 nitrogen and oxygen atoms in total. The maximum Gasteiger partial charge on any atom is 0.338 e. The fourth-order valence-electron chi connectivity index (χ4n) is 3.93. The Morgan fingerprint density at radius 2 is 1.76 bits per heavy atom. The molecule has 2 heterocycles. The molecule has 0 atom stereocenters. The minimum absolute atomic E-state index is 0. The highest BCUT2D eigenvalue weighted by Crippen LogP contribution is 2.33. The fraction of sp³-hybridized carbons (Fsp3) is 0.138. The number of anilines is 3. The summed E-state index contributed by atoms with van der Waals surface area (Å²) >= 11 is 6.50. The van der Waals surface area contributed by atoms with Crippen LogP contribution in [0.2, 0.25) is 5.02 Å². The largest absolute Gasteiger partial charge is 0.460 e. The van der Waals surface area contributed by atoms with Crippen LogP contribution >= 0.6 is 36.4 Å². The van der Waals surface area contributed by atoms with Crippen molar-refractivity contribution in [3.8, 4) is 11.5 Å². The number of fused-ring (bicyclic) bond motifs is 1. The van der Waals surface area contributed by atoms with Gasteiger partial charge in [-0.3, -0.25) is 0 Å². The zero-order valence-electron chi connectivity index (χ0n) is 21.7. The number of nitrogens with two attached hydrogens (primary N) is 1. The van der Waals surface area contributed by atoms with Crippen LogP contribution in [0.3, 0.4) is 0 Å². The average Bonchev–Trinajstić information content (AvgIpc) is 3.36. The van der Waals surface area contributed by atoms with Crippen LogP contribution in [0.4, 0.5) is 17.2 Å². The van der Waals surface area contributed by atoms with Gasteiger partial charge < -0.3 is 29.8 Å². The average molecular weight is 617 g/mol. The molecule has 0 aliphatic carbocycles. The van der Waals surface area contributed by atoms with Crippen LogP contribution in [0.15, 0.2) is 91.4 Å². The highest BCUT2D eigenvalue weighted by Gasteiger charge is 2.12. The molecule has 5 aromatic rings. The number of hydrogen-bond acceptors (Lipinski definition) is 8. The van der Waals surface area contributed by atoms with Gasteiger partial charge in [-0.05, 0) is 48.5 Å². The van der Waals surface area contributed by atoms with Crippen molar-refractivity contribution in [1.29, 1.82) is 0 Å². The van der Waals surface area contributed by atoms with E-state index < -0.39 is 0 Å². The molecule has 41 heavy (non-hydrogen) atoms. The number of nitrogens with zero attached hydrogens (tertiary/aromatic N) is 3. The number of carbonyl (C=O) groups is 1. The maximum atomic E-state index is 12.0. The molecule has 0 saturated heterocycles.